The zero-order valence-electron chi connectivity index (χ0n) is 18.3. The second-order valence-electron chi connectivity index (χ2n) is 7.99. The van der Waals surface area contributed by atoms with Gasteiger partial charge in [-0.3, -0.25) is 14.9 Å². The van der Waals surface area contributed by atoms with E-state index in [0.717, 1.165) is 38.2 Å². The molecule has 3 aromatic rings. The molecule has 2 aromatic carbocycles. The quantitative estimate of drug-likeness (QED) is 0.429. The molecule has 0 spiro atoms. The number of benzene rings is 2. The largest absolute Gasteiger partial charge is 0.495 e. The van der Waals surface area contributed by atoms with Crippen molar-refractivity contribution in [1.29, 1.82) is 0 Å². The third-order valence-corrected chi connectivity index (χ3v) is 5.83. The number of rotatable bonds is 7. The Balaban J connectivity index is 1.36. The van der Waals surface area contributed by atoms with Crippen LogP contribution in [0.2, 0.25) is 0 Å². The zero-order chi connectivity index (χ0) is 23.2. The van der Waals surface area contributed by atoms with Crippen LogP contribution in [-0.4, -0.2) is 41.2 Å². The number of amides is 1. The van der Waals surface area contributed by atoms with E-state index < -0.39 is 10.8 Å². The Labute approximate surface area is 191 Å². The number of aromatic nitrogens is 2. The van der Waals surface area contributed by atoms with Gasteiger partial charge >= 0.3 is 0 Å². The molecule has 1 saturated heterocycles. The summed E-state index contributed by atoms with van der Waals surface area (Å²) >= 11 is 0. The minimum atomic E-state index is -0.535. The topological polar surface area (TPSA) is 110 Å². The Bertz CT molecular complexity index is 1110. The highest BCUT2D eigenvalue weighted by Gasteiger charge is 2.21. The number of anilines is 2. The molecular weight excluding hydrogens is 422 g/mol. The Morgan fingerprint density at radius 1 is 1.12 bits per heavy atom. The van der Waals surface area contributed by atoms with Crippen LogP contribution in [0, 0.1) is 16.0 Å². The molecule has 1 amide bonds. The highest BCUT2D eigenvalue weighted by atomic mass is 16.6. The maximum absolute atomic E-state index is 12.6. The molecule has 9 nitrogen and oxygen atoms in total. The van der Waals surface area contributed by atoms with Crippen molar-refractivity contribution in [2.75, 3.05) is 30.4 Å². The molecule has 0 unspecified atom stereocenters. The standard InChI is InChI=1S/C24H25N5O4/c1-33-22-9-7-19(29(31)32)16-21(22)25-24(30)20-8-10-23(27-26-20)28-13-11-18(12-14-28)15-17-5-3-2-4-6-17/h2-10,16,18H,11-15H2,1H3,(H,25,30). The number of carbonyl (C=O) groups is 1. The number of nitrogens with zero attached hydrogens (tertiary/aromatic N) is 4. The minimum absolute atomic E-state index is 0.117. The predicted molar refractivity (Wildman–Crippen MR) is 125 cm³/mol. The van der Waals surface area contributed by atoms with E-state index in [1.54, 1.807) is 12.1 Å². The molecule has 1 aromatic heterocycles. The van der Waals surface area contributed by atoms with Crippen LogP contribution in [0.15, 0.2) is 60.7 Å². The van der Waals surface area contributed by atoms with Crippen LogP contribution in [0.3, 0.4) is 0 Å². The molecule has 1 aliphatic heterocycles. The number of hydrogen-bond donors (Lipinski definition) is 1. The average Bonchev–Trinajstić information content (AvgIpc) is 2.85. The molecule has 1 fully saturated rings. The van der Waals surface area contributed by atoms with Crippen molar-refractivity contribution in [2.45, 2.75) is 19.3 Å². The zero-order valence-corrected chi connectivity index (χ0v) is 18.3. The molecule has 0 aliphatic carbocycles. The molecule has 33 heavy (non-hydrogen) atoms. The van der Waals surface area contributed by atoms with Crippen LogP contribution in [-0.2, 0) is 6.42 Å². The summed E-state index contributed by atoms with van der Waals surface area (Å²) in [5, 5.41) is 22.0. The van der Waals surface area contributed by atoms with E-state index in [0.29, 0.717) is 11.7 Å². The van der Waals surface area contributed by atoms with Crippen LogP contribution >= 0.6 is 0 Å². The molecule has 0 atom stereocenters. The highest BCUT2D eigenvalue weighted by molar-refractivity contribution is 6.03. The van der Waals surface area contributed by atoms with Gasteiger partial charge in [-0.1, -0.05) is 30.3 Å². The summed E-state index contributed by atoms with van der Waals surface area (Å²) in [5.41, 5.74) is 1.53. The van der Waals surface area contributed by atoms with Crippen molar-refractivity contribution in [3.8, 4) is 5.75 Å². The first-order chi connectivity index (χ1) is 16.0. The number of piperidine rings is 1. The molecular formula is C24H25N5O4. The highest BCUT2D eigenvalue weighted by Crippen LogP contribution is 2.29. The summed E-state index contributed by atoms with van der Waals surface area (Å²) in [5.74, 6) is 1.18. The number of nitro benzene ring substituents is 1. The summed E-state index contributed by atoms with van der Waals surface area (Å²) in [4.78, 5) is 25.3. The summed E-state index contributed by atoms with van der Waals surface area (Å²) in [7, 11) is 1.43. The second kappa shape index (κ2) is 10.1. The third kappa shape index (κ3) is 5.43. The summed E-state index contributed by atoms with van der Waals surface area (Å²) in [6.07, 6.45) is 3.23. The smallest absolute Gasteiger partial charge is 0.276 e. The first-order valence-corrected chi connectivity index (χ1v) is 10.8. The fraction of sp³-hybridized carbons (Fsp3) is 0.292. The average molecular weight is 447 g/mol. The first kappa shape index (κ1) is 22.2. The number of nitro groups is 1. The summed E-state index contributed by atoms with van der Waals surface area (Å²) in [6.45, 7) is 1.78. The van der Waals surface area contributed by atoms with E-state index in [1.807, 2.05) is 6.07 Å². The molecule has 0 bridgehead atoms. The van der Waals surface area contributed by atoms with Crippen molar-refractivity contribution in [3.63, 3.8) is 0 Å². The number of carbonyl (C=O) groups excluding carboxylic acids is 1. The van der Waals surface area contributed by atoms with Gasteiger partial charge in [0.15, 0.2) is 11.5 Å². The van der Waals surface area contributed by atoms with E-state index in [4.69, 9.17) is 4.74 Å². The van der Waals surface area contributed by atoms with Gasteiger partial charge in [-0.25, -0.2) is 0 Å². The number of nitrogens with one attached hydrogen (secondary N) is 1. The Morgan fingerprint density at radius 3 is 2.52 bits per heavy atom. The molecule has 170 valence electrons. The van der Waals surface area contributed by atoms with Crippen LogP contribution in [0.5, 0.6) is 5.75 Å². The Kier molecular flexibility index (Phi) is 6.77. The number of hydrogen-bond acceptors (Lipinski definition) is 7. The summed E-state index contributed by atoms with van der Waals surface area (Å²) in [6, 6.07) is 17.9. The maximum atomic E-state index is 12.6. The number of non-ortho nitro benzene ring substituents is 1. The number of methoxy groups -OCH3 is 1. The lowest BCUT2D eigenvalue weighted by molar-refractivity contribution is -0.384. The van der Waals surface area contributed by atoms with Crippen LogP contribution in [0.1, 0.15) is 28.9 Å². The Hall–Kier alpha value is -4.01. The number of ether oxygens (including phenoxy) is 1. The third-order valence-electron chi connectivity index (χ3n) is 5.83. The molecule has 0 radical (unpaired) electrons. The molecule has 0 saturated carbocycles. The molecule has 1 aliphatic rings. The van der Waals surface area contributed by atoms with Gasteiger partial charge in [0.2, 0.25) is 0 Å². The van der Waals surface area contributed by atoms with Gasteiger partial charge in [-0.15, -0.1) is 10.2 Å². The SMILES string of the molecule is COc1ccc([N+](=O)[O-])cc1NC(=O)c1ccc(N2CCC(Cc3ccccc3)CC2)nn1. The fourth-order valence-electron chi connectivity index (χ4n) is 4.02. The van der Waals surface area contributed by atoms with Gasteiger partial charge in [0, 0.05) is 25.2 Å². The lowest BCUT2D eigenvalue weighted by Gasteiger charge is -2.32. The van der Waals surface area contributed by atoms with Gasteiger partial charge < -0.3 is 15.0 Å². The van der Waals surface area contributed by atoms with Crippen molar-refractivity contribution >= 4 is 23.1 Å². The molecule has 1 N–H and O–H groups in total. The van der Waals surface area contributed by atoms with E-state index in [1.165, 1.54) is 30.9 Å². The van der Waals surface area contributed by atoms with E-state index in [-0.39, 0.29) is 17.1 Å². The van der Waals surface area contributed by atoms with Gasteiger partial charge in [0.25, 0.3) is 11.6 Å². The van der Waals surface area contributed by atoms with Crippen LogP contribution in [0.4, 0.5) is 17.2 Å². The fourth-order valence-corrected chi connectivity index (χ4v) is 4.02. The lowest BCUT2D eigenvalue weighted by atomic mass is 9.90. The van der Waals surface area contributed by atoms with Crippen molar-refractivity contribution in [3.05, 3.63) is 82.0 Å². The predicted octanol–water partition coefficient (Wildman–Crippen LogP) is 4.10. The maximum Gasteiger partial charge on any atom is 0.276 e. The monoisotopic (exact) mass is 447 g/mol. The van der Waals surface area contributed by atoms with Crippen molar-refractivity contribution in [1.82, 2.24) is 10.2 Å². The van der Waals surface area contributed by atoms with Crippen molar-refractivity contribution < 1.29 is 14.5 Å². The van der Waals surface area contributed by atoms with E-state index >= 15 is 0 Å². The van der Waals surface area contributed by atoms with Crippen LogP contribution < -0.4 is 15.0 Å². The Morgan fingerprint density at radius 2 is 1.88 bits per heavy atom. The molecule has 2 heterocycles. The normalized spacial score (nSPS) is 14.0. The van der Waals surface area contributed by atoms with Gasteiger partial charge in [0.05, 0.1) is 17.7 Å². The van der Waals surface area contributed by atoms with Gasteiger partial charge in [-0.05, 0) is 48.9 Å². The van der Waals surface area contributed by atoms with Crippen molar-refractivity contribution in [2.24, 2.45) is 5.92 Å². The molecule has 9 heteroatoms. The van der Waals surface area contributed by atoms with Gasteiger partial charge in [0.1, 0.15) is 5.75 Å². The lowest BCUT2D eigenvalue weighted by Crippen LogP contribution is -2.35. The first-order valence-electron chi connectivity index (χ1n) is 10.8. The molecule has 4 rings (SSSR count). The van der Waals surface area contributed by atoms with Crippen LogP contribution in [0.25, 0.3) is 0 Å². The second-order valence-corrected chi connectivity index (χ2v) is 7.99. The van der Waals surface area contributed by atoms with Gasteiger partial charge in [-0.2, -0.15) is 0 Å². The summed E-state index contributed by atoms with van der Waals surface area (Å²) < 4.78 is 5.18. The minimum Gasteiger partial charge on any atom is -0.495 e. The van der Waals surface area contributed by atoms with E-state index in [2.05, 4.69) is 44.7 Å². The van der Waals surface area contributed by atoms with E-state index in [9.17, 15) is 14.9 Å².